The fourth-order valence-electron chi connectivity index (χ4n) is 2.78. The van der Waals surface area contributed by atoms with Gasteiger partial charge < -0.3 is 19.8 Å². The van der Waals surface area contributed by atoms with Gasteiger partial charge in [-0.2, -0.15) is 0 Å². The first-order valence-corrected chi connectivity index (χ1v) is 9.23. The first-order valence-electron chi connectivity index (χ1n) is 9.23. The molecule has 2 aromatic heterocycles. The first kappa shape index (κ1) is 22.7. The molecule has 0 aliphatic heterocycles. The van der Waals surface area contributed by atoms with Crippen LogP contribution in [0.1, 0.15) is 30.7 Å². The molecular formula is C20H27IN6O2. The van der Waals surface area contributed by atoms with Gasteiger partial charge in [-0.25, -0.2) is 4.98 Å². The number of methoxy groups -OCH3 is 1. The van der Waals surface area contributed by atoms with Gasteiger partial charge in [0, 0.05) is 13.6 Å². The predicted molar refractivity (Wildman–Crippen MR) is 124 cm³/mol. The van der Waals surface area contributed by atoms with E-state index in [1.54, 1.807) is 20.4 Å². The van der Waals surface area contributed by atoms with E-state index in [1.807, 2.05) is 24.3 Å². The molecule has 0 fully saturated rings. The maximum Gasteiger partial charge on any atom is 0.216 e. The molecule has 1 unspecified atom stereocenters. The van der Waals surface area contributed by atoms with E-state index in [9.17, 15) is 0 Å². The van der Waals surface area contributed by atoms with Gasteiger partial charge >= 0.3 is 0 Å². The molecule has 0 aliphatic carbocycles. The number of guanidine groups is 1. The van der Waals surface area contributed by atoms with E-state index in [4.69, 9.17) is 9.15 Å². The van der Waals surface area contributed by atoms with Crippen molar-refractivity contribution in [1.82, 2.24) is 25.8 Å². The molecule has 8 nitrogen and oxygen atoms in total. The van der Waals surface area contributed by atoms with Gasteiger partial charge in [-0.1, -0.05) is 19.1 Å². The number of benzene rings is 1. The summed E-state index contributed by atoms with van der Waals surface area (Å²) in [6.45, 7) is 3.51. The van der Waals surface area contributed by atoms with Crippen molar-refractivity contribution in [3.8, 4) is 17.3 Å². The van der Waals surface area contributed by atoms with Crippen LogP contribution in [0.25, 0.3) is 11.6 Å². The summed E-state index contributed by atoms with van der Waals surface area (Å²) >= 11 is 0. The van der Waals surface area contributed by atoms with E-state index < -0.39 is 0 Å². The van der Waals surface area contributed by atoms with Gasteiger partial charge in [-0.15, -0.1) is 29.1 Å². The van der Waals surface area contributed by atoms with E-state index in [0.29, 0.717) is 29.9 Å². The van der Waals surface area contributed by atoms with E-state index in [-0.39, 0.29) is 24.0 Å². The Morgan fingerprint density at radius 1 is 1.24 bits per heavy atom. The van der Waals surface area contributed by atoms with Crippen LogP contribution in [0.2, 0.25) is 0 Å². The Kier molecular flexibility index (Phi) is 8.97. The van der Waals surface area contributed by atoms with Crippen LogP contribution in [0.5, 0.6) is 5.75 Å². The summed E-state index contributed by atoms with van der Waals surface area (Å²) in [7, 11) is 3.43. The minimum absolute atomic E-state index is 0. The van der Waals surface area contributed by atoms with Crippen molar-refractivity contribution in [3.63, 3.8) is 0 Å². The lowest BCUT2D eigenvalue weighted by Crippen LogP contribution is -2.37. The average Bonchev–Trinajstić information content (AvgIpc) is 3.42. The highest BCUT2D eigenvalue weighted by molar-refractivity contribution is 14.0. The third-order valence-electron chi connectivity index (χ3n) is 4.47. The second-order valence-electron chi connectivity index (χ2n) is 6.40. The highest BCUT2D eigenvalue weighted by atomic mass is 127. The smallest absolute Gasteiger partial charge is 0.216 e. The van der Waals surface area contributed by atoms with Gasteiger partial charge in [0.2, 0.25) is 5.82 Å². The molecule has 29 heavy (non-hydrogen) atoms. The fraction of sp³-hybridized carbons (Fsp3) is 0.350. The Labute approximate surface area is 187 Å². The summed E-state index contributed by atoms with van der Waals surface area (Å²) in [6, 6.07) is 11.8. The summed E-state index contributed by atoms with van der Waals surface area (Å²) < 4.78 is 10.5. The summed E-state index contributed by atoms with van der Waals surface area (Å²) in [5, 5.41) is 13.6. The molecule has 9 heteroatoms. The van der Waals surface area contributed by atoms with Crippen LogP contribution in [0.15, 0.2) is 52.1 Å². The molecule has 3 rings (SSSR count). The number of nitrogens with one attached hydrogen (secondary N) is 3. The average molecular weight is 510 g/mol. The van der Waals surface area contributed by atoms with Gasteiger partial charge in [-0.05, 0) is 42.2 Å². The second-order valence-corrected chi connectivity index (χ2v) is 6.40. The zero-order chi connectivity index (χ0) is 19.8. The molecule has 0 spiro atoms. The molecule has 1 atom stereocenters. The van der Waals surface area contributed by atoms with Crippen LogP contribution in [0.4, 0.5) is 0 Å². The van der Waals surface area contributed by atoms with Crippen molar-refractivity contribution in [3.05, 3.63) is 54.0 Å². The third-order valence-corrected chi connectivity index (χ3v) is 4.47. The lowest BCUT2D eigenvalue weighted by atomic mass is 9.98. The van der Waals surface area contributed by atoms with Gasteiger partial charge in [0.1, 0.15) is 11.6 Å². The van der Waals surface area contributed by atoms with Crippen LogP contribution >= 0.6 is 24.0 Å². The van der Waals surface area contributed by atoms with Crippen molar-refractivity contribution in [1.29, 1.82) is 0 Å². The topological polar surface area (TPSA) is 100 Å². The second kappa shape index (κ2) is 11.4. The zero-order valence-electron chi connectivity index (χ0n) is 16.8. The van der Waals surface area contributed by atoms with E-state index in [2.05, 4.69) is 49.9 Å². The van der Waals surface area contributed by atoms with E-state index in [0.717, 1.165) is 24.7 Å². The number of hydrogen-bond acceptors (Lipinski definition) is 5. The van der Waals surface area contributed by atoms with Crippen LogP contribution < -0.4 is 15.4 Å². The van der Waals surface area contributed by atoms with Crippen LogP contribution in [-0.4, -0.2) is 41.8 Å². The molecule has 1 aromatic carbocycles. The number of aromatic amines is 1. The number of rotatable bonds is 8. The normalized spacial score (nSPS) is 12.2. The SMILES string of the molecule is CN=C(NCCC(C)c1ccc(OC)cc1)NCc1nc(-c2ccco2)n[nH]1.I. The lowest BCUT2D eigenvalue weighted by molar-refractivity contribution is 0.414. The lowest BCUT2D eigenvalue weighted by Gasteiger charge is -2.15. The molecule has 0 amide bonds. The Morgan fingerprint density at radius 2 is 2.03 bits per heavy atom. The van der Waals surface area contributed by atoms with Crippen LogP contribution in [-0.2, 0) is 6.54 Å². The zero-order valence-corrected chi connectivity index (χ0v) is 19.1. The van der Waals surface area contributed by atoms with Crippen molar-refractivity contribution in [2.24, 2.45) is 4.99 Å². The van der Waals surface area contributed by atoms with Crippen molar-refractivity contribution in [2.75, 3.05) is 20.7 Å². The number of H-pyrrole nitrogens is 1. The number of furan rings is 1. The maximum absolute atomic E-state index is 5.30. The molecule has 0 saturated heterocycles. The van der Waals surface area contributed by atoms with Gasteiger partial charge in [0.15, 0.2) is 11.7 Å². The summed E-state index contributed by atoms with van der Waals surface area (Å²) in [4.78, 5) is 8.65. The maximum atomic E-state index is 5.30. The van der Waals surface area contributed by atoms with Crippen LogP contribution in [0.3, 0.4) is 0 Å². The van der Waals surface area contributed by atoms with Crippen molar-refractivity contribution >= 4 is 29.9 Å². The summed E-state index contributed by atoms with van der Waals surface area (Å²) in [5.74, 6) is 3.91. The number of halogens is 1. The Morgan fingerprint density at radius 3 is 2.69 bits per heavy atom. The fourth-order valence-corrected chi connectivity index (χ4v) is 2.78. The number of ether oxygens (including phenoxy) is 1. The molecule has 0 saturated carbocycles. The quantitative estimate of drug-likeness (QED) is 0.244. The summed E-state index contributed by atoms with van der Waals surface area (Å²) in [6.07, 6.45) is 2.58. The largest absolute Gasteiger partial charge is 0.497 e. The van der Waals surface area contributed by atoms with E-state index in [1.165, 1.54) is 5.56 Å². The predicted octanol–water partition coefficient (Wildman–Crippen LogP) is 3.55. The highest BCUT2D eigenvalue weighted by Crippen LogP contribution is 2.21. The van der Waals surface area contributed by atoms with Gasteiger partial charge in [0.05, 0.1) is 19.9 Å². The highest BCUT2D eigenvalue weighted by Gasteiger charge is 2.09. The van der Waals surface area contributed by atoms with Gasteiger partial charge in [-0.3, -0.25) is 10.1 Å². The molecule has 3 N–H and O–H groups in total. The Bertz CT molecular complexity index is 877. The molecule has 2 heterocycles. The molecule has 3 aromatic rings. The van der Waals surface area contributed by atoms with E-state index >= 15 is 0 Å². The van der Waals surface area contributed by atoms with Crippen molar-refractivity contribution in [2.45, 2.75) is 25.8 Å². The minimum atomic E-state index is 0. The summed E-state index contributed by atoms with van der Waals surface area (Å²) in [5.41, 5.74) is 1.29. The Hall–Kier alpha value is -2.56. The molecule has 0 aliphatic rings. The van der Waals surface area contributed by atoms with Gasteiger partial charge in [0.25, 0.3) is 0 Å². The van der Waals surface area contributed by atoms with Crippen LogP contribution in [0, 0.1) is 0 Å². The molecule has 0 radical (unpaired) electrons. The number of hydrogen-bond donors (Lipinski definition) is 3. The van der Waals surface area contributed by atoms with Crippen molar-refractivity contribution < 1.29 is 9.15 Å². The third kappa shape index (κ3) is 6.48. The minimum Gasteiger partial charge on any atom is -0.497 e. The Balaban J connectivity index is 0.00000300. The monoisotopic (exact) mass is 510 g/mol. The first-order chi connectivity index (χ1) is 13.7. The number of aromatic nitrogens is 3. The molecule has 0 bridgehead atoms. The molecule has 156 valence electrons. The molecular weight excluding hydrogens is 483 g/mol. The standard InChI is InChI=1S/C20H26N6O2.HI/c1-14(15-6-8-16(27-3)9-7-15)10-11-22-20(21-2)23-13-18-24-19(26-25-18)17-5-4-12-28-17;/h4-9,12,14H,10-11,13H2,1-3H3,(H2,21,22,23)(H,24,25,26);1H. The number of aliphatic imine (C=N–C) groups is 1. The number of nitrogens with zero attached hydrogens (tertiary/aromatic N) is 3.